The first-order valence-corrected chi connectivity index (χ1v) is 20.4. The monoisotopic (exact) mass is 792 g/mol. The minimum atomic E-state index is -1.27. The first-order chi connectivity index (χ1) is 27.8. The molecule has 9 rings (SSSR count). The van der Waals surface area contributed by atoms with Crippen LogP contribution in [0.2, 0.25) is 0 Å². The van der Waals surface area contributed by atoms with Gasteiger partial charge in [0, 0.05) is 63.8 Å². The number of aromatic nitrogens is 4. The standard InChI is InChI=1S/C46H38F2N6OS2/c1-29-18-20-32(47)26-38(29)56-44-40(42-36(16-10-22-50-42)53(44)34-12-6-4-7-13-34)46(31(3)49-24-25-52(46)28-55)41-43-37(17-11-23-51-43)54(35-14-8-5-9-15-35)45(41)57-39-27-33(48)21-19-30(39)2/h4-23,26-28,31,49H,24-25H2,1-3H3/t31-/m0/s1. The van der Waals surface area contributed by atoms with E-state index >= 15 is 8.78 Å². The van der Waals surface area contributed by atoms with E-state index in [0.717, 1.165) is 70.9 Å². The molecule has 1 saturated heterocycles. The van der Waals surface area contributed by atoms with Crippen LogP contribution in [0.25, 0.3) is 33.4 Å². The molecule has 0 bridgehead atoms. The molecule has 1 atom stereocenters. The number of rotatable bonds is 9. The summed E-state index contributed by atoms with van der Waals surface area (Å²) in [5.74, 6) is -0.692. The van der Waals surface area contributed by atoms with Crippen molar-refractivity contribution in [2.75, 3.05) is 13.1 Å². The van der Waals surface area contributed by atoms with Gasteiger partial charge in [-0.15, -0.1) is 0 Å². The molecule has 0 spiro atoms. The second-order valence-corrected chi connectivity index (χ2v) is 16.3. The summed E-state index contributed by atoms with van der Waals surface area (Å²) in [4.78, 5) is 27.6. The normalized spacial score (nSPS) is 15.4. The van der Waals surface area contributed by atoms with E-state index in [1.807, 2.05) is 104 Å². The van der Waals surface area contributed by atoms with E-state index in [2.05, 4.69) is 21.4 Å². The topological polar surface area (TPSA) is 68.0 Å². The maximum atomic E-state index is 15.2. The molecule has 4 aromatic carbocycles. The van der Waals surface area contributed by atoms with E-state index in [1.54, 1.807) is 36.7 Å². The number of hydrogen-bond donors (Lipinski definition) is 1. The SMILES string of the molecule is Cc1ccc(F)cc1Sc1c(C2(c3c(Sc4cc(F)ccc4C)n(-c4ccccc4)c4cccnc34)[C@H](C)NCCN2C=O)c2ncccc2n1-c1ccccc1. The fourth-order valence-corrected chi connectivity index (χ4v) is 10.8. The highest BCUT2D eigenvalue weighted by Gasteiger charge is 2.54. The number of carbonyl (C=O) groups is 1. The molecule has 8 aromatic rings. The van der Waals surface area contributed by atoms with Crippen LogP contribution in [0.5, 0.6) is 0 Å². The Balaban J connectivity index is 1.50. The van der Waals surface area contributed by atoms with Gasteiger partial charge >= 0.3 is 0 Å². The Hall–Kier alpha value is -5.75. The van der Waals surface area contributed by atoms with Crippen LogP contribution in [0.4, 0.5) is 8.78 Å². The molecule has 11 heteroatoms. The number of pyridine rings is 2. The van der Waals surface area contributed by atoms with Gasteiger partial charge in [-0.05, 0) is 105 Å². The summed E-state index contributed by atoms with van der Waals surface area (Å²) in [7, 11) is 0. The van der Waals surface area contributed by atoms with Crippen LogP contribution in [0.3, 0.4) is 0 Å². The molecule has 0 unspecified atom stereocenters. The third-order valence-electron chi connectivity index (χ3n) is 10.9. The number of nitrogens with zero attached hydrogens (tertiary/aromatic N) is 5. The van der Waals surface area contributed by atoms with Crippen molar-refractivity contribution in [1.82, 2.24) is 29.3 Å². The van der Waals surface area contributed by atoms with Crippen molar-refractivity contribution in [3.8, 4) is 11.4 Å². The van der Waals surface area contributed by atoms with Crippen LogP contribution in [0, 0.1) is 25.5 Å². The van der Waals surface area contributed by atoms with Gasteiger partial charge in [0.15, 0.2) is 0 Å². The summed E-state index contributed by atoms with van der Waals surface area (Å²) in [6, 6.07) is 37.2. The number of nitrogens with one attached hydrogen (secondary N) is 1. The second-order valence-electron chi connectivity index (χ2n) is 14.2. The van der Waals surface area contributed by atoms with Crippen LogP contribution in [-0.4, -0.2) is 49.5 Å². The highest BCUT2D eigenvalue weighted by Crippen LogP contribution is 2.55. The fourth-order valence-electron chi connectivity index (χ4n) is 8.26. The Morgan fingerprint density at radius 2 is 1.16 bits per heavy atom. The molecule has 57 heavy (non-hydrogen) atoms. The Morgan fingerprint density at radius 3 is 1.61 bits per heavy atom. The summed E-state index contributed by atoms with van der Waals surface area (Å²) in [6.07, 6.45) is 4.49. The zero-order chi connectivity index (χ0) is 39.3. The molecular formula is C46H38F2N6OS2. The molecular weight excluding hydrogens is 755 g/mol. The maximum Gasteiger partial charge on any atom is 0.210 e. The predicted molar refractivity (Wildman–Crippen MR) is 224 cm³/mol. The summed E-state index contributed by atoms with van der Waals surface area (Å²) in [5.41, 5.74) is 6.89. The number of hydrogen-bond acceptors (Lipinski definition) is 6. The van der Waals surface area contributed by atoms with Crippen LogP contribution < -0.4 is 5.32 Å². The molecule has 284 valence electrons. The lowest BCUT2D eigenvalue weighted by molar-refractivity contribution is -0.125. The maximum absolute atomic E-state index is 15.2. The Labute approximate surface area is 337 Å². The fraction of sp³-hybridized carbons (Fsp3) is 0.152. The molecule has 5 heterocycles. The van der Waals surface area contributed by atoms with Gasteiger partial charge in [0.2, 0.25) is 6.41 Å². The average Bonchev–Trinajstić information content (AvgIpc) is 3.73. The summed E-state index contributed by atoms with van der Waals surface area (Å²) < 4.78 is 34.7. The summed E-state index contributed by atoms with van der Waals surface area (Å²) in [5, 5.41) is 5.33. The highest BCUT2D eigenvalue weighted by molar-refractivity contribution is 7.99. The van der Waals surface area contributed by atoms with Crippen LogP contribution in [0.15, 0.2) is 154 Å². The van der Waals surface area contributed by atoms with Crippen molar-refractivity contribution in [2.24, 2.45) is 0 Å². The zero-order valence-electron chi connectivity index (χ0n) is 31.5. The van der Waals surface area contributed by atoms with Crippen molar-refractivity contribution in [3.63, 3.8) is 0 Å². The third-order valence-corrected chi connectivity index (χ3v) is 13.4. The minimum Gasteiger partial charge on any atom is -0.328 e. The number of benzene rings is 4. The highest BCUT2D eigenvalue weighted by atomic mass is 32.2. The molecule has 7 nitrogen and oxygen atoms in total. The van der Waals surface area contributed by atoms with Gasteiger partial charge in [-0.3, -0.25) is 14.8 Å². The average molecular weight is 793 g/mol. The van der Waals surface area contributed by atoms with Crippen molar-refractivity contribution < 1.29 is 13.6 Å². The molecule has 1 aliphatic heterocycles. The van der Waals surface area contributed by atoms with Gasteiger partial charge in [0.25, 0.3) is 0 Å². The van der Waals surface area contributed by atoms with E-state index in [1.165, 1.54) is 35.7 Å². The Morgan fingerprint density at radius 1 is 0.684 bits per heavy atom. The number of aryl methyl sites for hydroxylation is 2. The first kappa shape index (κ1) is 36.9. The van der Waals surface area contributed by atoms with E-state index in [0.29, 0.717) is 24.1 Å². The second kappa shape index (κ2) is 15.0. The molecule has 1 fully saturated rings. The van der Waals surface area contributed by atoms with Gasteiger partial charge in [-0.25, -0.2) is 8.78 Å². The minimum absolute atomic E-state index is 0.346. The molecule has 0 aliphatic carbocycles. The third kappa shape index (κ3) is 6.12. The molecule has 1 N–H and O–H groups in total. The van der Waals surface area contributed by atoms with Gasteiger partial charge in [0.05, 0.1) is 32.1 Å². The van der Waals surface area contributed by atoms with E-state index < -0.39 is 11.6 Å². The lowest BCUT2D eigenvalue weighted by atomic mass is 9.75. The summed E-state index contributed by atoms with van der Waals surface area (Å²) in [6.45, 7) is 6.97. The Kier molecular flexibility index (Phi) is 9.68. The van der Waals surface area contributed by atoms with E-state index in [9.17, 15) is 4.79 Å². The number of piperazine rings is 1. The van der Waals surface area contributed by atoms with Crippen molar-refractivity contribution >= 4 is 52.0 Å². The molecule has 4 aromatic heterocycles. The van der Waals surface area contributed by atoms with Crippen molar-refractivity contribution in [3.05, 3.63) is 168 Å². The molecule has 1 aliphatic rings. The molecule has 0 saturated carbocycles. The van der Waals surface area contributed by atoms with E-state index in [4.69, 9.17) is 9.97 Å². The van der Waals surface area contributed by atoms with Gasteiger partial charge in [-0.2, -0.15) is 0 Å². The lowest BCUT2D eigenvalue weighted by Gasteiger charge is -2.50. The van der Waals surface area contributed by atoms with Crippen LogP contribution in [-0.2, 0) is 10.3 Å². The zero-order valence-corrected chi connectivity index (χ0v) is 33.1. The van der Waals surface area contributed by atoms with Crippen LogP contribution in [0.1, 0.15) is 29.2 Å². The number of amides is 1. The van der Waals surface area contributed by atoms with Gasteiger partial charge in [-0.1, -0.05) is 72.1 Å². The van der Waals surface area contributed by atoms with Crippen molar-refractivity contribution in [1.29, 1.82) is 0 Å². The number of halogens is 2. The molecule has 1 amide bonds. The largest absolute Gasteiger partial charge is 0.328 e. The smallest absolute Gasteiger partial charge is 0.210 e. The van der Waals surface area contributed by atoms with E-state index in [-0.39, 0.29) is 11.6 Å². The number of carbonyl (C=O) groups excluding carboxylic acids is 1. The number of fused-ring (bicyclic) bond motifs is 2. The quantitative estimate of drug-likeness (QED) is 0.147. The first-order valence-electron chi connectivity index (χ1n) is 18.7. The van der Waals surface area contributed by atoms with Crippen LogP contribution >= 0.6 is 23.5 Å². The number of para-hydroxylation sites is 2. The Bertz CT molecular complexity index is 2610. The van der Waals surface area contributed by atoms with Crippen molar-refractivity contribution in [2.45, 2.75) is 52.2 Å². The van der Waals surface area contributed by atoms with Gasteiger partial charge < -0.3 is 19.4 Å². The predicted octanol–water partition coefficient (Wildman–Crippen LogP) is 10.3. The summed E-state index contributed by atoms with van der Waals surface area (Å²) >= 11 is 2.91. The molecule has 0 radical (unpaired) electrons. The van der Waals surface area contributed by atoms with Gasteiger partial charge in [0.1, 0.15) is 17.2 Å². The lowest BCUT2D eigenvalue weighted by Crippen LogP contribution is -2.64.